The second-order valence-corrected chi connectivity index (χ2v) is 10.4. The molecule has 11 nitrogen and oxygen atoms in total. The first-order valence-corrected chi connectivity index (χ1v) is 13.7. The maximum absolute atomic E-state index is 14.0. The number of fused-ring (bicyclic) bond motifs is 1. The summed E-state index contributed by atoms with van der Waals surface area (Å²) in [6.45, 7) is -0.515. The Labute approximate surface area is 230 Å². The quantitative estimate of drug-likeness (QED) is 0.201. The zero-order chi connectivity index (χ0) is 29.1. The Hall–Kier alpha value is -3.64. The van der Waals surface area contributed by atoms with Crippen molar-refractivity contribution in [3.63, 3.8) is 0 Å². The molecule has 216 valence electrons. The molecule has 0 saturated carbocycles. The molecule has 40 heavy (non-hydrogen) atoms. The molecule has 1 aromatic heterocycles. The Kier molecular flexibility index (Phi) is 11.3. The van der Waals surface area contributed by atoms with Crippen LogP contribution in [0.1, 0.15) is 18.4 Å². The molecular formula is C26H31F2N4O7P. The maximum Gasteiger partial charge on any atom is 0.474 e. The molecule has 3 aromatic rings. The molecule has 1 heterocycles. The summed E-state index contributed by atoms with van der Waals surface area (Å²) in [5.74, 6) is -1.79. The fraction of sp³-hybridized carbons (Fsp3) is 0.346. The topological polar surface area (TPSA) is 128 Å². The molecule has 0 saturated heterocycles. The van der Waals surface area contributed by atoms with Crippen LogP contribution in [-0.2, 0) is 29.4 Å². The number of phosphoric ester groups is 1. The number of aromatic nitrogens is 1. The second kappa shape index (κ2) is 14.7. The van der Waals surface area contributed by atoms with E-state index in [0.717, 1.165) is 16.8 Å². The van der Waals surface area contributed by atoms with E-state index in [1.54, 1.807) is 12.3 Å². The number of pyridine rings is 1. The zero-order valence-corrected chi connectivity index (χ0v) is 23.2. The third-order valence-electron chi connectivity index (χ3n) is 5.98. The molecule has 3 rings (SSSR count). The SMILES string of the molecule is COP(=O)(OC)OCCCC(COC(=O)Nc1cc2ccccc2cn1)N(C)C(=O)NCc1cccc(F)c1F. The number of hydrogen-bond acceptors (Lipinski definition) is 8. The van der Waals surface area contributed by atoms with Gasteiger partial charge in [0.05, 0.1) is 12.6 Å². The van der Waals surface area contributed by atoms with Crippen LogP contribution in [0.5, 0.6) is 0 Å². The van der Waals surface area contributed by atoms with Crippen molar-refractivity contribution in [3.05, 3.63) is 71.9 Å². The summed E-state index contributed by atoms with van der Waals surface area (Å²) < 4.78 is 59.6. The first-order valence-electron chi connectivity index (χ1n) is 12.2. The van der Waals surface area contributed by atoms with E-state index in [1.165, 1.54) is 38.3 Å². The van der Waals surface area contributed by atoms with E-state index < -0.39 is 37.6 Å². The van der Waals surface area contributed by atoms with Crippen molar-refractivity contribution in [2.45, 2.75) is 25.4 Å². The summed E-state index contributed by atoms with van der Waals surface area (Å²) in [5.41, 5.74) is -0.0277. The molecule has 3 amide bonds. The lowest BCUT2D eigenvalue weighted by molar-refractivity contribution is 0.107. The van der Waals surface area contributed by atoms with Crippen LogP contribution >= 0.6 is 7.82 Å². The molecule has 0 radical (unpaired) electrons. The minimum atomic E-state index is -3.69. The van der Waals surface area contributed by atoms with Crippen LogP contribution in [0.15, 0.2) is 54.7 Å². The molecule has 0 bridgehead atoms. The Morgan fingerprint density at radius 1 is 1.07 bits per heavy atom. The van der Waals surface area contributed by atoms with Gasteiger partial charge in [-0.2, -0.15) is 0 Å². The number of carbonyl (C=O) groups is 2. The lowest BCUT2D eigenvalue weighted by Crippen LogP contribution is -2.46. The van der Waals surface area contributed by atoms with Gasteiger partial charge in [-0.1, -0.05) is 36.4 Å². The van der Waals surface area contributed by atoms with Crippen LogP contribution in [0.25, 0.3) is 10.8 Å². The van der Waals surface area contributed by atoms with Crippen LogP contribution in [-0.4, -0.2) is 62.5 Å². The fourth-order valence-corrected chi connectivity index (χ4v) is 4.39. The number of phosphoric acid groups is 1. The first-order chi connectivity index (χ1) is 19.2. The highest BCUT2D eigenvalue weighted by Crippen LogP contribution is 2.47. The predicted octanol–water partition coefficient (Wildman–Crippen LogP) is 5.47. The standard InChI is InChI=1S/C26H31F2N4O7P/c1-32(25(33)30-16-20-10-6-12-22(27)24(20)28)21(11-7-13-39-40(35,36-2)37-3)17-38-26(34)31-23-14-18-8-4-5-9-19(18)15-29-23/h4-6,8-10,12,14-15,21H,7,11,13,16-17H2,1-3H3,(H,30,33)(H,29,31,34). The number of halogens is 2. The number of rotatable bonds is 13. The largest absolute Gasteiger partial charge is 0.474 e. The Morgan fingerprint density at radius 2 is 1.80 bits per heavy atom. The number of hydrogen-bond donors (Lipinski definition) is 2. The molecule has 2 aromatic carbocycles. The van der Waals surface area contributed by atoms with E-state index in [4.69, 9.17) is 18.3 Å². The van der Waals surface area contributed by atoms with E-state index in [9.17, 15) is 22.9 Å². The number of urea groups is 1. The lowest BCUT2D eigenvalue weighted by Gasteiger charge is -2.28. The molecule has 0 aliphatic carbocycles. The number of carbonyl (C=O) groups excluding carboxylic acids is 2. The summed E-state index contributed by atoms with van der Waals surface area (Å²) in [7, 11) is 0.144. The summed E-state index contributed by atoms with van der Waals surface area (Å²) in [6.07, 6.45) is 1.37. The van der Waals surface area contributed by atoms with Crippen LogP contribution < -0.4 is 10.6 Å². The van der Waals surface area contributed by atoms with Gasteiger partial charge in [-0.05, 0) is 30.4 Å². The van der Waals surface area contributed by atoms with Gasteiger partial charge in [0.25, 0.3) is 0 Å². The second-order valence-electron chi connectivity index (χ2n) is 8.56. The van der Waals surface area contributed by atoms with Gasteiger partial charge >= 0.3 is 19.9 Å². The average molecular weight is 581 g/mol. The van der Waals surface area contributed by atoms with Crippen molar-refractivity contribution in [2.75, 3.05) is 39.8 Å². The van der Waals surface area contributed by atoms with Crippen molar-refractivity contribution < 1.29 is 41.2 Å². The predicted molar refractivity (Wildman–Crippen MR) is 144 cm³/mol. The van der Waals surface area contributed by atoms with Crippen LogP contribution in [0.4, 0.5) is 24.2 Å². The number of nitrogens with zero attached hydrogens (tertiary/aromatic N) is 2. The summed E-state index contributed by atoms with van der Waals surface area (Å²) in [5, 5.41) is 6.86. The number of nitrogens with one attached hydrogen (secondary N) is 2. The molecule has 2 N–H and O–H groups in total. The third-order valence-corrected chi connectivity index (χ3v) is 7.37. The summed E-state index contributed by atoms with van der Waals surface area (Å²) in [4.78, 5) is 30.8. The van der Waals surface area contributed by atoms with Gasteiger partial charge in [-0.25, -0.2) is 27.9 Å². The van der Waals surface area contributed by atoms with Crippen molar-refractivity contribution in [2.24, 2.45) is 0 Å². The number of likely N-dealkylation sites (N-methyl/N-ethyl adjacent to an activating group) is 1. The van der Waals surface area contributed by atoms with Gasteiger partial charge in [-0.3, -0.25) is 18.9 Å². The van der Waals surface area contributed by atoms with Crippen molar-refractivity contribution >= 4 is 36.5 Å². The van der Waals surface area contributed by atoms with Gasteiger partial charge in [-0.15, -0.1) is 0 Å². The third kappa shape index (κ3) is 8.68. The zero-order valence-electron chi connectivity index (χ0n) is 22.3. The monoisotopic (exact) mass is 580 g/mol. The van der Waals surface area contributed by atoms with Gasteiger partial charge in [0, 0.05) is 45.0 Å². The number of ether oxygens (including phenoxy) is 1. The Bertz CT molecular complexity index is 1360. The highest BCUT2D eigenvalue weighted by molar-refractivity contribution is 7.48. The molecule has 0 aliphatic rings. The van der Waals surface area contributed by atoms with E-state index in [1.807, 2.05) is 24.3 Å². The van der Waals surface area contributed by atoms with Crippen molar-refractivity contribution in [3.8, 4) is 0 Å². The maximum atomic E-state index is 14.0. The smallest absolute Gasteiger partial charge is 0.447 e. The van der Waals surface area contributed by atoms with Crippen LogP contribution in [0.2, 0.25) is 0 Å². The van der Waals surface area contributed by atoms with E-state index >= 15 is 0 Å². The normalized spacial score (nSPS) is 12.1. The fourth-order valence-electron chi connectivity index (χ4n) is 3.67. The summed E-state index contributed by atoms with van der Waals surface area (Å²) in [6, 6.07) is 11.6. The lowest BCUT2D eigenvalue weighted by atomic mass is 10.1. The van der Waals surface area contributed by atoms with Crippen molar-refractivity contribution in [1.29, 1.82) is 0 Å². The van der Waals surface area contributed by atoms with Gasteiger partial charge < -0.3 is 15.0 Å². The molecular weight excluding hydrogens is 549 g/mol. The molecule has 0 fully saturated rings. The van der Waals surface area contributed by atoms with Crippen LogP contribution in [0.3, 0.4) is 0 Å². The highest BCUT2D eigenvalue weighted by Gasteiger charge is 2.25. The van der Waals surface area contributed by atoms with Crippen LogP contribution in [0, 0.1) is 11.6 Å². The molecule has 0 aliphatic heterocycles. The highest BCUT2D eigenvalue weighted by atomic mass is 31.2. The molecule has 0 spiro atoms. The molecule has 14 heteroatoms. The Morgan fingerprint density at radius 3 is 2.52 bits per heavy atom. The Balaban J connectivity index is 1.61. The molecule has 1 atom stereocenters. The molecule has 1 unspecified atom stereocenters. The minimum absolute atomic E-state index is 0.0277. The van der Waals surface area contributed by atoms with E-state index in [2.05, 4.69) is 15.6 Å². The number of anilines is 1. The van der Waals surface area contributed by atoms with E-state index in [0.29, 0.717) is 0 Å². The number of benzene rings is 2. The van der Waals surface area contributed by atoms with Gasteiger partial charge in [0.15, 0.2) is 11.6 Å². The van der Waals surface area contributed by atoms with Gasteiger partial charge in [0.2, 0.25) is 0 Å². The van der Waals surface area contributed by atoms with Crippen molar-refractivity contribution in [1.82, 2.24) is 15.2 Å². The van der Waals surface area contributed by atoms with Gasteiger partial charge in [0.1, 0.15) is 12.4 Å². The average Bonchev–Trinajstić information content (AvgIpc) is 2.96. The number of amides is 3. The minimum Gasteiger partial charge on any atom is -0.447 e. The summed E-state index contributed by atoms with van der Waals surface area (Å²) >= 11 is 0. The van der Waals surface area contributed by atoms with E-state index in [-0.39, 0.29) is 44.0 Å². The first kappa shape index (κ1) is 30.9.